The molecule has 0 saturated heterocycles. The molecule has 21 heavy (non-hydrogen) atoms. The molecule has 0 aliphatic rings. The molecule has 2 aromatic carbocycles. The van der Waals surface area contributed by atoms with Crippen molar-refractivity contribution in [2.45, 2.75) is 5.38 Å². The highest BCUT2D eigenvalue weighted by atomic mass is 79.9. The Kier molecular flexibility index (Phi) is 5.36. The molecule has 0 aliphatic heterocycles. The number of halogens is 4. The van der Waals surface area contributed by atoms with Crippen molar-refractivity contribution >= 4 is 39.1 Å². The van der Waals surface area contributed by atoms with Gasteiger partial charge in [-0.3, -0.25) is 0 Å². The first kappa shape index (κ1) is 16.4. The largest absolute Gasteiger partial charge is 0.495 e. The van der Waals surface area contributed by atoms with Crippen molar-refractivity contribution < 1.29 is 13.9 Å². The highest BCUT2D eigenvalue weighted by Crippen LogP contribution is 2.44. The Morgan fingerprint density at radius 2 is 1.81 bits per heavy atom. The molecule has 0 N–H and O–H groups in total. The first-order valence-electron chi connectivity index (χ1n) is 5.99. The molecule has 2 nitrogen and oxygen atoms in total. The molecule has 0 fully saturated rings. The highest BCUT2D eigenvalue weighted by Gasteiger charge is 2.23. The van der Waals surface area contributed by atoms with Crippen LogP contribution in [0.25, 0.3) is 0 Å². The molecule has 6 heteroatoms. The molecule has 0 amide bonds. The van der Waals surface area contributed by atoms with Gasteiger partial charge < -0.3 is 9.47 Å². The second-order valence-corrected chi connectivity index (χ2v) is 5.88. The quantitative estimate of drug-likeness (QED) is 0.630. The van der Waals surface area contributed by atoms with Gasteiger partial charge in [0.1, 0.15) is 22.3 Å². The van der Waals surface area contributed by atoms with Gasteiger partial charge >= 0.3 is 0 Å². The summed E-state index contributed by atoms with van der Waals surface area (Å²) in [5.74, 6) is 0.428. The normalized spacial score (nSPS) is 12.1. The van der Waals surface area contributed by atoms with Crippen molar-refractivity contribution in [2.24, 2.45) is 0 Å². The summed E-state index contributed by atoms with van der Waals surface area (Å²) in [6.45, 7) is 0. The van der Waals surface area contributed by atoms with Crippen LogP contribution in [-0.4, -0.2) is 14.2 Å². The van der Waals surface area contributed by atoms with Crippen molar-refractivity contribution in [3.8, 4) is 11.5 Å². The predicted molar refractivity (Wildman–Crippen MR) is 86.4 cm³/mol. The van der Waals surface area contributed by atoms with Crippen LogP contribution in [0, 0.1) is 5.82 Å². The maximum atomic E-state index is 14.2. The summed E-state index contributed by atoms with van der Waals surface area (Å²) < 4.78 is 25.0. The molecule has 2 rings (SSSR count). The van der Waals surface area contributed by atoms with Crippen LogP contribution < -0.4 is 9.47 Å². The standard InChI is InChI=1S/C15H12BrCl2FO2/c1-20-11-7-6-9(15(21-2)13(11)18)12(17)8-4-3-5-10(16)14(8)19/h3-7,12H,1-2H3. The first-order chi connectivity index (χ1) is 10.0. The Morgan fingerprint density at radius 3 is 2.43 bits per heavy atom. The fourth-order valence-corrected chi connectivity index (χ4v) is 3.05. The van der Waals surface area contributed by atoms with E-state index in [1.54, 1.807) is 30.3 Å². The van der Waals surface area contributed by atoms with Crippen molar-refractivity contribution in [3.05, 3.63) is 56.8 Å². The summed E-state index contributed by atoms with van der Waals surface area (Å²) in [5.41, 5.74) is 0.910. The number of alkyl halides is 1. The number of methoxy groups -OCH3 is 2. The van der Waals surface area contributed by atoms with Crippen LogP contribution in [0.1, 0.15) is 16.5 Å². The number of hydrogen-bond acceptors (Lipinski definition) is 2. The van der Waals surface area contributed by atoms with Crippen molar-refractivity contribution in [1.29, 1.82) is 0 Å². The van der Waals surface area contributed by atoms with Gasteiger partial charge in [0.15, 0.2) is 0 Å². The van der Waals surface area contributed by atoms with Crippen LogP contribution in [0.4, 0.5) is 4.39 Å². The summed E-state index contributed by atoms with van der Waals surface area (Å²) in [5, 5.41) is -0.431. The average molecular weight is 394 g/mol. The molecule has 0 aromatic heterocycles. The maximum Gasteiger partial charge on any atom is 0.146 e. The van der Waals surface area contributed by atoms with E-state index in [9.17, 15) is 4.39 Å². The third-order valence-electron chi connectivity index (χ3n) is 3.04. The van der Waals surface area contributed by atoms with E-state index < -0.39 is 11.2 Å². The van der Waals surface area contributed by atoms with Crippen molar-refractivity contribution in [2.75, 3.05) is 14.2 Å². The van der Waals surface area contributed by atoms with Crippen LogP contribution in [0.5, 0.6) is 11.5 Å². The van der Waals surface area contributed by atoms with E-state index in [0.717, 1.165) is 0 Å². The Morgan fingerprint density at radius 1 is 1.10 bits per heavy atom. The van der Waals surface area contributed by atoms with Crippen molar-refractivity contribution in [3.63, 3.8) is 0 Å². The van der Waals surface area contributed by atoms with E-state index >= 15 is 0 Å². The zero-order chi connectivity index (χ0) is 15.6. The Labute approximate surface area is 140 Å². The Balaban J connectivity index is 2.56. The predicted octanol–water partition coefficient (Wildman–Crippen LogP) is 5.59. The third-order valence-corrected chi connectivity index (χ3v) is 4.48. The van der Waals surface area contributed by atoms with E-state index in [0.29, 0.717) is 32.1 Å². The minimum atomic E-state index is -0.735. The molecule has 2 aromatic rings. The molecule has 0 saturated carbocycles. The zero-order valence-electron chi connectivity index (χ0n) is 11.3. The second-order valence-electron chi connectivity index (χ2n) is 4.21. The lowest BCUT2D eigenvalue weighted by Crippen LogP contribution is -2.02. The fourth-order valence-electron chi connectivity index (χ4n) is 2.00. The van der Waals surface area contributed by atoms with Crippen LogP contribution in [0.15, 0.2) is 34.8 Å². The van der Waals surface area contributed by atoms with Gasteiger partial charge in [-0.25, -0.2) is 4.39 Å². The zero-order valence-corrected chi connectivity index (χ0v) is 14.4. The van der Waals surface area contributed by atoms with Gasteiger partial charge in [-0.2, -0.15) is 0 Å². The minimum absolute atomic E-state index is 0.304. The molecule has 0 spiro atoms. The number of ether oxygens (including phenoxy) is 2. The summed E-state index contributed by atoms with van der Waals surface area (Å²) in [6, 6.07) is 8.33. The first-order valence-corrected chi connectivity index (χ1v) is 7.60. The van der Waals surface area contributed by atoms with Gasteiger partial charge in [0, 0.05) is 11.1 Å². The van der Waals surface area contributed by atoms with Crippen LogP contribution in [-0.2, 0) is 0 Å². The SMILES string of the molecule is COc1ccc(C(Cl)c2cccc(Br)c2F)c(OC)c1Cl. The van der Waals surface area contributed by atoms with Crippen LogP contribution in [0.2, 0.25) is 5.02 Å². The van der Waals surface area contributed by atoms with E-state index in [2.05, 4.69) is 15.9 Å². The Bertz CT molecular complexity index is 664. The van der Waals surface area contributed by atoms with Crippen LogP contribution in [0.3, 0.4) is 0 Å². The lowest BCUT2D eigenvalue weighted by molar-refractivity contribution is 0.391. The van der Waals surface area contributed by atoms with Gasteiger partial charge in [0.25, 0.3) is 0 Å². The fraction of sp³-hybridized carbons (Fsp3) is 0.200. The molecular formula is C15H12BrCl2FO2. The monoisotopic (exact) mass is 392 g/mol. The summed E-state index contributed by atoms with van der Waals surface area (Å²) in [7, 11) is 2.98. The van der Waals surface area contributed by atoms with E-state index in [1.165, 1.54) is 14.2 Å². The molecule has 0 heterocycles. The highest BCUT2D eigenvalue weighted by molar-refractivity contribution is 9.10. The average Bonchev–Trinajstić information content (AvgIpc) is 2.49. The molecule has 1 atom stereocenters. The summed E-state index contributed by atoms with van der Waals surface area (Å²) >= 11 is 15.8. The molecule has 0 radical (unpaired) electrons. The summed E-state index contributed by atoms with van der Waals surface area (Å²) in [6.07, 6.45) is 0. The van der Waals surface area contributed by atoms with Gasteiger partial charge in [0.05, 0.1) is 24.1 Å². The van der Waals surface area contributed by atoms with Gasteiger partial charge in [-0.1, -0.05) is 23.7 Å². The van der Waals surface area contributed by atoms with Gasteiger partial charge in [-0.05, 0) is 34.1 Å². The van der Waals surface area contributed by atoms with E-state index in [-0.39, 0.29) is 0 Å². The van der Waals surface area contributed by atoms with E-state index in [1.807, 2.05) is 0 Å². The molecule has 112 valence electrons. The molecule has 1 unspecified atom stereocenters. The maximum absolute atomic E-state index is 14.2. The minimum Gasteiger partial charge on any atom is -0.495 e. The van der Waals surface area contributed by atoms with Gasteiger partial charge in [0.2, 0.25) is 0 Å². The third kappa shape index (κ3) is 3.12. The number of hydrogen-bond donors (Lipinski definition) is 0. The van der Waals surface area contributed by atoms with Gasteiger partial charge in [-0.15, -0.1) is 11.6 Å². The topological polar surface area (TPSA) is 18.5 Å². The number of benzene rings is 2. The lowest BCUT2D eigenvalue weighted by atomic mass is 10.0. The molecule has 0 aliphatic carbocycles. The smallest absolute Gasteiger partial charge is 0.146 e. The lowest BCUT2D eigenvalue weighted by Gasteiger charge is -2.18. The number of rotatable bonds is 4. The van der Waals surface area contributed by atoms with Crippen LogP contribution >= 0.6 is 39.1 Å². The second kappa shape index (κ2) is 6.86. The Hall–Kier alpha value is -0.970. The molecular weight excluding hydrogens is 382 g/mol. The van der Waals surface area contributed by atoms with Crippen molar-refractivity contribution in [1.82, 2.24) is 0 Å². The summed E-state index contributed by atoms with van der Waals surface area (Å²) in [4.78, 5) is 0. The molecule has 0 bridgehead atoms. The van der Waals surface area contributed by atoms with E-state index in [4.69, 9.17) is 32.7 Å².